The fourth-order valence-electron chi connectivity index (χ4n) is 3.19. The van der Waals surface area contributed by atoms with Crippen molar-refractivity contribution >= 4 is 22.7 Å². The van der Waals surface area contributed by atoms with Crippen LogP contribution >= 0.6 is 22.7 Å². The van der Waals surface area contributed by atoms with E-state index in [2.05, 4.69) is 47.2 Å². The second kappa shape index (κ2) is 7.57. The van der Waals surface area contributed by atoms with Gasteiger partial charge in [-0.25, -0.2) is 0 Å². The van der Waals surface area contributed by atoms with Crippen LogP contribution in [0, 0.1) is 0 Å². The molecule has 0 saturated carbocycles. The standard InChI is InChI=1S/C18H25NS2/c1-2-19-16(11-10-15-8-6-12-20-15)18-13-14-7-4-3-5-9-17(14)21-18/h6,8,12-13,16,19H,2-5,7,9-11H2,1H3. The second-order valence-electron chi connectivity index (χ2n) is 5.89. The molecule has 1 N–H and O–H groups in total. The molecule has 0 amide bonds. The summed E-state index contributed by atoms with van der Waals surface area (Å²) in [5.41, 5.74) is 1.64. The van der Waals surface area contributed by atoms with Crippen molar-refractivity contribution in [1.82, 2.24) is 5.32 Å². The largest absolute Gasteiger partial charge is 0.310 e. The van der Waals surface area contributed by atoms with Gasteiger partial charge >= 0.3 is 0 Å². The van der Waals surface area contributed by atoms with E-state index in [1.54, 1.807) is 15.3 Å². The predicted octanol–water partition coefficient (Wildman–Crippen LogP) is 5.36. The third kappa shape index (κ3) is 3.97. The van der Waals surface area contributed by atoms with Crippen LogP contribution in [-0.2, 0) is 19.3 Å². The summed E-state index contributed by atoms with van der Waals surface area (Å²) in [6.45, 7) is 3.27. The fraction of sp³-hybridized carbons (Fsp3) is 0.556. The van der Waals surface area contributed by atoms with E-state index in [4.69, 9.17) is 0 Å². The van der Waals surface area contributed by atoms with E-state index in [1.165, 1.54) is 49.8 Å². The molecular weight excluding hydrogens is 294 g/mol. The first-order chi connectivity index (χ1) is 10.4. The van der Waals surface area contributed by atoms with Gasteiger partial charge in [-0.1, -0.05) is 19.4 Å². The minimum absolute atomic E-state index is 0.536. The Balaban J connectivity index is 1.70. The lowest BCUT2D eigenvalue weighted by atomic mass is 10.1. The van der Waals surface area contributed by atoms with Gasteiger partial charge in [-0.15, -0.1) is 22.7 Å². The summed E-state index contributed by atoms with van der Waals surface area (Å²) >= 11 is 3.96. The molecule has 0 fully saturated rings. The van der Waals surface area contributed by atoms with Crippen molar-refractivity contribution < 1.29 is 0 Å². The van der Waals surface area contributed by atoms with E-state index < -0.39 is 0 Å². The molecule has 0 saturated heterocycles. The minimum atomic E-state index is 0.536. The SMILES string of the molecule is CCNC(CCc1cccs1)c1cc2c(s1)CCCCC2. The third-order valence-electron chi connectivity index (χ3n) is 4.32. The molecule has 3 heteroatoms. The van der Waals surface area contributed by atoms with Gasteiger partial charge in [0, 0.05) is 20.7 Å². The Kier molecular flexibility index (Phi) is 5.50. The van der Waals surface area contributed by atoms with Crippen molar-refractivity contribution in [1.29, 1.82) is 0 Å². The lowest BCUT2D eigenvalue weighted by Gasteiger charge is -2.16. The molecule has 0 spiro atoms. The van der Waals surface area contributed by atoms with Crippen molar-refractivity contribution in [3.63, 3.8) is 0 Å². The quantitative estimate of drug-likeness (QED) is 0.707. The Morgan fingerprint density at radius 1 is 1.24 bits per heavy atom. The maximum absolute atomic E-state index is 3.70. The van der Waals surface area contributed by atoms with Gasteiger partial charge in [0.05, 0.1) is 0 Å². The highest BCUT2D eigenvalue weighted by Gasteiger charge is 2.18. The summed E-state index contributed by atoms with van der Waals surface area (Å²) < 4.78 is 0. The van der Waals surface area contributed by atoms with E-state index in [0.29, 0.717) is 6.04 Å². The number of fused-ring (bicyclic) bond motifs is 1. The van der Waals surface area contributed by atoms with Crippen molar-refractivity contribution in [2.45, 2.75) is 57.9 Å². The summed E-state index contributed by atoms with van der Waals surface area (Å²) in [4.78, 5) is 4.75. The number of thiophene rings is 2. The van der Waals surface area contributed by atoms with E-state index in [0.717, 1.165) is 6.54 Å². The van der Waals surface area contributed by atoms with E-state index in [1.807, 2.05) is 11.3 Å². The summed E-state index contributed by atoms with van der Waals surface area (Å²) in [5, 5.41) is 5.89. The molecule has 1 nitrogen and oxygen atoms in total. The van der Waals surface area contributed by atoms with Gasteiger partial charge in [-0.05, 0) is 68.1 Å². The average molecular weight is 320 g/mol. The molecular formula is C18H25NS2. The summed E-state index contributed by atoms with van der Waals surface area (Å²) in [6.07, 6.45) is 9.19. The van der Waals surface area contributed by atoms with Crippen molar-refractivity contribution in [2.75, 3.05) is 6.54 Å². The lowest BCUT2D eigenvalue weighted by molar-refractivity contribution is 0.524. The van der Waals surface area contributed by atoms with E-state index >= 15 is 0 Å². The molecule has 3 rings (SSSR count). The molecule has 1 aliphatic rings. The number of hydrogen-bond donors (Lipinski definition) is 1. The zero-order valence-corrected chi connectivity index (χ0v) is 14.5. The molecule has 2 heterocycles. The summed E-state index contributed by atoms with van der Waals surface area (Å²) in [5.74, 6) is 0. The van der Waals surface area contributed by atoms with Crippen LogP contribution in [0.1, 0.15) is 58.8 Å². The fourth-order valence-corrected chi connectivity index (χ4v) is 5.29. The normalized spacial score (nSPS) is 16.4. The van der Waals surface area contributed by atoms with Gasteiger partial charge in [0.15, 0.2) is 0 Å². The Hall–Kier alpha value is -0.640. The zero-order chi connectivity index (χ0) is 14.5. The third-order valence-corrected chi connectivity index (χ3v) is 6.61. The van der Waals surface area contributed by atoms with Crippen LogP contribution in [0.2, 0.25) is 0 Å². The molecule has 0 aromatic carbocycles. The summed E-state index contributed by atoms with van der Waals surface area (Å²) in [6, 6.07) is 7.47. The molecule has 114 valence electrons. The molecule has 2 aromatic rings. The highest BCUT2D eigenvalue weighted by molar-refractivity contribution is 7.12. The molecule has 0 radical (unpaired) electrons. The lowest BCUT2D eigenvalue weighted by Crippen LogP contribution is -2.20. The first kappa shape index (κ1) is 15.3. The molecule has 1 unspecified atom stereocenters. The van der Waals surface area contributed by atoms with Crippen LogP contribution in [0.3, 0.4) is 0 Å². The molecule has 0 aliphatic heterocycles. The predicted molar refractivity (Wildman–Crippen MR) is 94.6 cm³/mol. The first-order valence-electron chi connectivity index (χ1n) is 8.24. The van der Waals surface area contributed by atoms with Crippen LogP contribution in [0.5, 0.6) is 0 Å². The maximum Gasteiger partial charge on any atom is 0.0418 e. The van der Waals surface area contributed by atoms with Gasteiger partial charge in [-0.3, -0.25) is 0 Å². The molecule has 21 heavy (non-hydrogen) atoms. The van der Waals surface area contributed by atoms with E-state index in [9.17, 15) is 0 Å². The van der Waals surface area contributed by atoms with Gasteiger partial charge in [0.25, 0.3) is 0 Å². The molecule has 0 bridgehead atoms. The average Bonchev–Trinajstić information content (AvgIpc) is 3.09. The number of aryl methyl sites for hydroxylation is 3. The van der Waals surface area contributed by atoms with Crippen molar-refractivity contribution in [2.24, 2.45) is 0 Å². The van der Waals surface area contributed by atoms with Gasteiger partial charge < -0.3 is 5.32 Å². The van der Waals surface area contributed by atoms with Crippen LogP contribution in [0.4, 0.5) is 0 Å². The summed E-state index contributed by atoms with van der Waals surface area (Å²) in [7, 11) is 0. The van der Waals surface area contributed by atoms with Gasteiger partial charge in [-0.2, -0.15) is 0 Å². The highest BCUT2D eigenvalue weighted by Crippen LogP contribution is 2.34. The topological polar surface area (TPSA) is 12.0 Å². The monoisotopic (exact) mass is 319 g/mol. The van der Waals surface area contributed by atoms with Gasteiger partial charge in [0.2, 0.25) is 0 Å². The van der Waals surface area contributed by atoms with Crippen LogP contribution in [0.25, 0.3) is 0 Å². The van der Waals surface area contributed by atoms with Crippen molar-refractivity contribution in [3.8, 4) is 0 Å². The Morgan fingerprint density at radius 3 is 2.95 bits per heavy atom. The molecule has 1 atom stereocenters. The zero-order valence-electron chi connectivity index (χ0n) is 12.9. The number of hydrogen-bond acceptors (Lipinski definition) is 3. The second-order valence-corrected chi connectivity index (χ2v) is 8.09. The number of nitrogens with one attached hydrogen (secondary N) is 1. The maximum atomic E-state index is 3.70. The minimum Gasteiger partial charge on any atom is -0.310 e. The Morgan fingerprint density at radius 2 is 2.14 bits per heavy atom. The molecule has 2 aromatic heterocycles. The Labute approximate surface area is 136 Å². The van der Waals surface area contributed by atoms with Crippen molar-refractivity contribution in [3.05, 3.63) is 43.8 Å². The van der Waals surface area contributed by atoms with Gasteiger partial charge in [0.1, 0.15) is 0 Å². The highest BCUT2D eigenvalue weighted by atomic mass is 32.1. The Bertz CT molecular complexity index is 518. The van der Waals surface area contributed by atoms with Crippen LogP contribution in [0.15, 0.2) is 23.6 Å². The van der Waals surface area contributed by atoms with Crippen LogP contribution < -0.4 is 5.32 Å². The van der Waals surface area contributed by atoms with Crippen LogP contribution in [-0.4, -0.2) is 6.54 Å². The molecule has 1 aliphatic carbocycles. The smallest absolute Gasteiger partial charge is 0.0418 e. The number of rotatable bonds is 6. The van der Waals surface area contributed by atoms with E-state index in [-0.39, 0.29) is 0 Å². The first-order valence-corrected chi connectivity index (χ1v) is 9.93.